The predicted octanol–water partition coefficient (Wildman–Crippen LogP) is 1.52. The van der Waals surface area contributed by atoms with E-state index in [1.165, 1.54) is 32.2 Å². The van der Waals surface area contributed by atoms with Crippen LogP contribution in [0.15, 0.2) is 24.3 Å². The first-order chi connectivity index (χ1) is 12.6. The van der Waals surface area contributed by atoms with Gasteiger partial charge < -0.3 is 19.5 Å². The normalized spacial score (nSPS) is 20.4. The zero-order valence-electron chi connectivity index (χ0n) is 15.6. The first-order valence-corrected chi connectivity index (χ1v) is 9.56. The molecule has 6 nitrogen and oxygen atoms in total. The van der Waals surface area contributed by atoms with Crippen molar-refractivity contribution in [3.8, 4) is 5.75 Å². The van der Waals surface area contributed by atoms with Gasteiger partial charge in [0.15, 0.2) is 0 Å². The summed E-state index contributed by atoms with van der Waals surface area (Å²) in [5, 5.41) is 10.2. The molecule has 0 aromatic heterocycles. The minimum absolute atomic E-state index is 0.000537. The predicted molar refractivity (Wildman–Crippen MR) is 99.0 cm³/mol. The fraction of sp³-hybridized carbons (Fsp3) is 0.650. The number of carbonyl (C=O) groups is 1. The Hall–Kier alpha value is -1.63. The Kier molecular flexibility index (Phi) is 6.88. The molecule has 0 amide bonds. The quantitative estimate of drug-likeness (QED) is 0.708. The highest BCUT2D eigenvalue weighted by Crippen LogP contribution is 2.19. The number of likely N-dealkylation sites (tertiary alicyclic amines) is 2. The lowest BCUT2D eigenvalue weighted by Gasteiger charge is -2.31. The number of nitrogens with zero attached hydrogens (tertiary/aromatic N) is 2. The van der Waals surface area contributed by atoms with Crippen molar-refractivity contribution in [2.45, 2.75) is 31.9 Å². The smallest absolute Gasteiger partial charge is 0.308 e. The van der Waals surface area contributed by atoms with E-state index in [2.05, 4.69) is 21.9 Å². The summed E-state index contributed by atoms with van der Waals surface area (Å²) in [4.78, 5) is 16.1. The first kappa shape index (κ1) is 19.1. The maximum Gasteiger partial charge on any atom is 0.308 e. The van der Waals surface area contributed by atoms with E-state index in [-0.39, 0.29) is 18.5 Å². The molecular weight excluding hydrogens is 332 g/mol. The number of carbonyl (C=O) groups excluding carboxylic acids is 1. The summed E-state index contributed by atoms with van der Waals surface area (Å²) in [7, 11) is 1.44. The number of methoxy groups -OCH3 is 1. The third-order valence-electron chi connectivity index (χ3n) is 5.31. The molecule has 0 radical (unpaired) electrons. The van der Waals surface area contributed by atoms with Gasteiger partial charge in [-0.2, -0.15) is 0 Å². The van der Waals surface area contributed by atoms with Crippen LogP contribution in [-0.4, -0.2) is 73.4 Å². The number of β-amino-alcohol motifs (C(OH)–C–C–N with tert-alkyl or cyclic N) is 1. The van der Waals surface area contributed by atoms with Crippen molar-refractivity contribution in [2.24, 2.45) is 5.92 Å². The lowest BCUT2D eigenvalue weighted by molar-refractivity contribution is -0.147. The van der Waals surface area contributed by atoms with Crippen LogP contribution >= 0.6 is 0 Å². The topological polar surface area (TPSA) is 62.2 Å². The number of hydrogen-bond donors (Lipinski definition) is 1. The van der Waals surface area contributed by atoms with Crippen molar-refractivity contribution >= 4 is 5.97 Å². The second-order valence-corrected chi connectivity index (χ2v) is 7.34. The largest absolute Gasteiger partial charge is 0.491 e. The van der Waals surface area contributed by atoms with E-state index in [4.69, 9.17) is 9.47 Å². The number of aliphatic hydroxyl groups excluding tert-OH is 1. The Balaban J connectivity index is 1.35. The van der Waals surface area contributed by atoms with Crippen LogP contribution in [0.25, 0.3) is 0 Å². The van der Waals surface area contributed by atoms with Gasteiger partial charge in [0.25, 0.3) is 0 Å². The molecule has 0 saturated carbocycles. The summed E-state index contributed by atoms with van der Waals surface area (Å²) in [6, 6.07) is 8.14. The minimum atomic E-state index is -0.537. The number of benzene rings is 1. The molecule has 1 aromatic rings. The highest BCUT2D eigenvalue weighted by Gasteiger charge is 2.26. The van der Waals surface area contributed by atoms with Crippen molar-refractivity contribution < 1.29 is 19.4 Å². The van der Waals surface area contributed by atoms with Crippen molar-refractivity contribution in [1.29, 1.82) is 0 Å². The molecule has 2 fully saturated rings. The van der Waals surface area contributed by atoms with Crippen LogP contribution in [0, 0.1) is 5.92 Å². The average molecular weight is 362 g/mol. The van der Waals surface area contributed by atoms with Crippen LogP contribution < -0.4 is 4.74 Å². The maximum atomic E-state index is 11.5. The van der Waals surface area contributed by atoms with Crippen LogP contribution in [0.5, 0.6) is 5.75 Å². The van der Waals surface area contributed by atoms with Crippen molar-refractivity contribution in [3.63, 3.8) is 0 Å². The van der Waals surface area contributed by atoms with E-state index >= 15 is 0 Å². The summed E-state index contributed by atoms with van der Waals surface area (Å²) < 4.78 is 10.5. The highest BCUT2D eigenvalue weighted by atomic mass is 16.5. The third kappa shape index (κ3) is 5.43. The van der Waals surface area contributed by atoms with Crippen LogP contribution in [0.4, 0.5) is 0 Å². The summed E-state index contributed by atoms with van der Waals surface area (Å²) in [5.74, 6) is 0.673. The first-order valence-electron chi connectivity index (χ1n) is 9.56. The lowest BCUT2D eigenvalue weighted by atomic mass is 9.97. The van der Waals surface area contributed by atoms with E-state index < -0.39 is 6.10 Å². The average Bonchev–Trinajstić information content (AvgIpc) is 2.64. The molecule has 26 heavy (non-hydrogen) atoms. The molecule has 1 atom stereocenters. The van der Waals surface area contributed by atoms with E-state index in [1.54, 1.807) is 0 Å². The molecule has 144 valence electrons. The zero-order valence-corrected chi connectivity index (χ0v) is 15.6. The van der Waals surface area contributed by atoms with Gasteiger partial charge in [-0.25, -0.2) is 0 Å². The van der Waals surface area contributed by atoms with E-state index in [0.717, 1.165) is 38.2 Å². The summed E-state index contributed by atoms with van der Waals surface area (Å²) >= 11 is 0. The van der Waals surface area contributed by atoms with Crippen molar-refractivity contribution in [1.82, 2.24) is 9.80 Å². The Morgan fingerprint density at radius 2 is 1.85 bits per heavy atom. The van der Waals surface area contributed by atoms with Crippen molar-refractivity contribution in [2.75, 3.05) is 46.4 Å². The number of piperidine rings is 1. The van der Waals surface area contributed by atoms with Gasteiger partial charge in [0, 0.05) is 13.1 Å². The summed E-state index contributed by atoms with van der Waals surface area (Å²) in [6.45, 7) is 5.86. The van der Waals surface area contributed by atoms with Crippen LogP contribution in [0.1, 0.15) is 24.8 Å². The van der Waals surface area contributed by atoms with Crippen LogP contribution in [0.2, 0.25) is 0 Å². The second-order valence-electron chi connectivity index (χ2n) is 7.34. The summed E-state index contributed by atoms with van der Waals surface area (Å²) in [5.41, 5.74) is 1.30. The number of rotatable bonds is 8. The molecule has 0 spiro atoms. The molecule has 0 unspecified atom stereocenters. The monoisotopic (exact) mass is 362 g/mol. The molecule has 2 aliphatic heterocycles. The summed E-state index contributed by atoms with van der Waals surface area (Å²) in [6.07, 6.45) is 2.35. The van der Waals surface area contributed by atoms with Gasteiger partial charge in [-0.05, 0) is 63.1 Å². The number of aliphatic hydroxyl groups is 1. The fourth-order valence-electron chi connectivity index (χ4n) is 3.55. The van der Waals surface area contributed by atoms with Crippen molar-refractivity contribution in [3.05, 3.63) is 29.8 Å². The molecule has 1 aromatic carbocycles. The second kappa shape index (κ2) is 9.35. The molecular formula is C20H30N2O4. The third-order valence-corrected chi connectivity index (χ3v) is 5.31. The van der Waals surface area contributed by atoms with Gasteiger partial charge >= 0.3 is 5.97 Å². The Bertz CT molecular complexity index is 566. The molecule has 0 aliphatic carbocycles. The Labute approximate surface area is 155 Å². The van der Waals surface area contributed by atoms with E-state index in [1.807, 2.05) is 12.1 Å². The molecule has 3 rings (SSSR count). The maximum absolute atomic E-state index is 11.5. The van der Waals surface area contributed by atoms with Gasteiger partial charge in [0.05, 0.1) is 13.0 Å². The Morgan fingerprint density at radius 1 is 1.15 bits per heavy atom. The van der Waals surface area contributed by atoms with Gasteiger partial charge in [-0.1, -0.05) is 12.1 Å². The highest BCUT2D eigenvalue weighted by molar-refractivity contribution is 5.72. The van der Waals surface area contributed by atoms with Gasteiger partial charge in [-0.3, -0.25) is 9.69 Å². The number of hydrogen-bond acceptors (Lipinski definition) is 6. The zero-order chi connectivity index (χ0) is 18.4. The standard InChI is InChI=1S/C20H30N2O4/c1-25-20(24)17-7-11-22(12-8-17)14-18(23)15-26-19-5-3-16(4-6-19)13-21-9-2-10-21/h3-6,17-18,23H,2,7-15H2,1H3/t18-/m0/s1. The molecule has 2 saturated heterocycles. The van der Waals surface area contributed by atoms with Gasteiger partial charge in [-0.15, -0.1) is 0 Å². The van der Waals surface area contributed by atoms with Crippen LogP contribution in [-0.2, 0) is 16.1 Å². The SMILES string of the molecule is COC(=O)C1CCN(C[C@H](O)COc2ccc(CN3CCC3)cc2)CC1. The molecule has 1 N–H and O–H groups in total. The van der Waals surface area contributed by atoms with Gasteiger partial charge in [0.1, 0.15) is 18.5 Å². The van der Waals surface area contributed by atoms with Crippen LogP contribution in [0.3, 0.4) is 0 Å². The molecule has 2 heterocycles. The fourth-order valence-corrected chi connectivity index (χ4v) is 3.55. The molecule has 0 bridgehead atoms. The number of ether oxygens (including phenoxy) is 2. The lowest BCUT2D eigenvalue weighted by Crippen LogP contribution is -2.42. The molecule has 2 aliphatic rings. The number of esters is 1. The minimum Gasteiger partial charge on any atom is -0.491 e. The molecule has 6 heteroatoms. The van der Waals surface area contributed by atoms with E-state index in [0.29, 0.717) is 6.54 Å². The van der Waals surface area contributed by atoms with Gasteiger partial charge in [0.2, 0.25) is 0 Å². The Morgan fingerprint density at radius 3 is 2.42 bits per heavy atom. The van der Waals surface area contributed by atoms with E-state index in [9.17, 15) is 9.90 Å².